The van der Waals surface area contributed by atoms with Gasteiger partial charge in [-0.25, -0.2) is 4.79 Å². The summed E-state index contributed by atoms with van der Waals surface area (Å²) in [6, 6.07) is -0.547. The van der Waals surface area contributed by atoms with E-state index in [4.69, 9.17) is 4.74 Å². The minimum atomic E-state index is -0.547. The molecule has 0 aliphatic heterocycles. The molecule has 1 amide bonds. The third kappa shape index (κ3) is 6.46. The molecule has 4 nitrogen and oxygen atoms in total. The maximum absolute atomic E-state index is 11.2. The van der Waals surface area contributed by atoms with Crippen molar-refractivity contribution in [3.8, 4) is 0 Å². The number of unbranched alkanes of at least 4 members (excludes halogenated alkanes) is 2. The lowest BCUT2D eigenvalue weighted by molar-refractivity contribution is -0.147. The predicted molar refractivity (Wildman–Crippen MR) is 53.8 cm³/mol. The van der Waals surface area contributed by atoms with Gasteiger partial charge >= 0.3 is 5.97 Å². The largest absolute Gasteiger partial charge is 0.464 e. The van der Waals surface area contributed by atoms with Crippen molar-refractivity contribution in [1.82, 2.24) is 5.32 Å². The van der Waals surface area contributed by atoms with Crippen molar-refractivity contribution in [3.05, 3.63) is 0 Å². The third-order valence-corrected chi connectivity index (χ3v) is 1.77. The number of hydrogen-bond donors (Lipinski definition) is 1. The lowest BCUT2D eigenvalue weighted by Crippen LogP contribution is -2.38. The molecule has 0 saturated heterocycles. The van der Waals surface area contributed by atoms with E-state index in [1.165, 1.54) is 6.92 Å². The van der Waals surface area contributed by atoms with Crippen LogP contribution < -0.4 is 5.32 Å². The van der Waals surface area contributed by atoms with E-state index in [1.54, 1.807) is 6.92 Å². The molecule has 0 aliphatic carbocycles. The van der Waals surface area contributed by atoms with Gasteiger partial charge in [0.25, 0.3) is 0 Å². The second-order valence-electron chi connectivity index (χ2n) is 3.30. The molecule has 1 N–H and O–H groups in total. The minimum absolute atomic E-state index is 0.219. The molecule has 0 radical (unpaired) electrons. The molecule has 4 heteroatoms. The molecule has 0 bridgehead atoms. The van der Waals surface area contributed by atoms with E-state index in [-0.39, 0.29) is 11.9 Å². The topological polar surface area (TPSA) is 55.4 Å². The Morgan fingerprint density at radius 1 is 1.36 bits per heavy atom. The van der Waals surface area contributed by atoms with Crippen LogP contribution in [0.1, 0.15) is 40.0 Å². The highest BCUT2D eigenvalue weighted by Crippen LogP contribution is 1.96. The van der Waals surface area contributed by atoms with E-state index in [2.05, 4.69) is 12.2 Å². The van der Waals surface area contributed by atoms with Crippen LogP contribution in [0.25, 0.3) is 0 Å². The molecular weight excluding hydrogens is 182 g/mol. The lowest BCUT2D eigenvalue weighted by Gasteiger charge is -2.11. The summed E-state index contributed by atoms with van der Waals surface area (Å²) in [7, 11) is 0. The summed E-state index contributed by atoms with van der Waals surface area (Å²) in [5, 5.41) is 2.47. The first-order chi connectivity index (χ1) is 6.57. The number of esters is 1. The van der Waals surface area contributed by atoms with Crippen LogP contribution in [0.4, 0.5) is 0 Å². The third-order valence-electron chi connectivity index (χ3n) is 1.77. The Kier molecular flexibility index (Phi) is 6.80. The lowest BCUT2D eigenvalue weighted by atomic mass is 10.3. The van der Waals surface area contributed by atoms with Gasteiger partial charge in [-0.05, 0) is 13.3 Å². The maximum atomic E-state index is 11.2. The molecule has 0 aromatic rings. The average molecular weight is 201 g/mol. The Morgan fingerprint density at radius 3 is 2.50 bits per heavy atom. The van der Waals surface area contributed by atoms with Crippen LogP contribution in [0, 0.1) is 0 Å². The van der Waals surface area contributed by atoms with Gasteiger partial charge < -0.3 is 10.1 Å². The molecule has 0 aromatic heterocycles. The van der Waals surface area contributed by atoms with Crippen molar-refractivity contribution in [2.75, 3.05) is 6.61 Å². The van der Waals surface area contributed by atoms with Gasteiger partial charge in [0.2, 0.25) is 5.91 Å². The van der Waals surface area contributed by atoms with Gasteiger partial charge in [0.1, 0.15) is 6.04 Å². The fourth-order valence-electron chi connectivity index (χ4n) is 1.01. The molecule has 0 saturated carbocycles. The van der Waals surface area contributed by atoms with Crippen LogP contribution in [-0.2, 0) is 14.3 Å². The molecular formula is C10H19NO3. The maximum Gasteiger partial charge on any atom is 0.328 e. The van der Waals surface area contributed by atoms with Crippen molar-refractivity contribution in [1.29, 1.82) is 0 Å². The fraction of sp³-hybridized carbons (Fsp3) is 0.800. The van der Waals surface area contributed by atoms with Crippen LogP contribution >= 0.6 is 0 Å². The van der Waals surface area contributed by atoms with Gasteiger partial charge in [-0.15, -0.1) is 0 Å². The first kappa shape index (κ1) is 12.9. The van der Waals surface area contributed by atoms with E-state index < -0.39 is 6.04 Å². The number of hydrogen-bond acceptors (Lipinski definition) is 3. The van der Waals surface area contributed by atoms with Gasteiger partial charge in [-0.3, -0.25) is 4.79 Å². The predicted octanol–water partition coefficient (Wildman–Crippen LogP) is 1.24. The fourth-order valence-corrected chi connectivity index (χ4v) is 1.01. The first-order valence-electron chi connectivity index (χ1n) is 5.01. The number of carbonyl (C=O) groups excluding carboxylic acids is 2. The summed E-state index contributed by atoms with van der Waals surface area (Å²) in [6.45, 7) is 5.52. The molecule has 0 aromatic carbocycles. The van der Waals surface area contributed by atoms with E-state index in [0.29, 0.717) is 6.61 Å². The number of ether oxygens (including phenoxy) is 1. The van der Waals surface area contributed by atoms with Crippen LogP contribution in [0.15, 0.2) is 0 Å². The molecule has 0 spiro atoms. The van der Waals surface area contributed by atoms with Gasteiger partial charge in [0.05, 0.1) is 6.61 Å². The standard InChI is InChI=1S/C10H19NO3/c1-4-5-6-7-14-10(13)8(2)11-9(3)12/h8H,4-7H2,1-3H3,(H,11,12). The molecule has 14 heavy (non-hydrogen) atoms. The first-order valence-corrected chi connectivity index (χ1v) is 5.01. The average Bonchev–Trinajstić information content (AvgIpc) is 2.11. The van der Waals surface area contributed by atoms with Crippen molar-refractivity contribution >= 4 is 11.9 Å². The highest BCUT2D eigenvalue weighted by atomic mass is 16.5. The van der Waals surface area contributed by atoms with Gasteiger partial charge in [0.15, 0.2) is 0 Å². The quantitative estimate of drug-likeness (QED) is 0.519. The van der Waals surface area contributed by atoms with Crippen LogP contribution in [0.3, 0.4) is 0 Å². The Bertz CT molecular complexity index is 192. The van der Waals surface area contributed by atoms with Crippen molar-refractivity contribution in [2.45, 2.75) is 46.1 Å². The summed E-state index contributed by atoms with van der Waals surface area (Å²) in [4.78, 5) is 21.8. The highest BCUT2D eigenvalue weighted by Gasteiger charge is 2.14. The van der Waals surface area contributed by atoms with Crippen LogP contribution in [-0.4, -0.2) is 24.5 Å². The van der Waals surface area contributed by atoms with Crippen molar-refractivity contribution in [2.24, 2.45) is 0 Å². The second-order valence-corrected chi connectivity index (χ2v) is 3.30. The van der Waals surface area contributed by atoms with Crippen LogP contribution in [0.2, 0.25) is 0 Å². The normalized spacial score (nSPS) is 11.9. The molecule has 0 heterocycles. The molecule has 0 aliphatic rings. The smallest absolute Gasteiger partial charge is 0.328 e. The molecule has 1 unspecified atom stereocenters. The van der Waals surface area contributed by atoms with Crippen LogP contribution in [0.5, 0.6) is 0 Å². The zero-order chi connectivity index (χ0) is 11.0. The van der Waals surface area contributed by atoms with Gasteiger partial charge in [-0.2, -0.15) is 0 Å². The summed E-state index contributed by atoms with van der Waals surface area (Å²) >= 11 is 0. The van der Waals surface area contributed by atoms with E-state index in [9.17, 15) is 9.59 Å². The number of rotatable bonds is 6. The number of amides is 1. The Morgan fingerprint density at radius 2 is 2.00 bits per heavy atom. The Balaban J connectivity index is 3.57. The van der Waals surface area contributed by atoms with Crippen molar-refractivity contribution < 1.29 is 14.3 Å². The number of nitrogens with one attached hydrogen (secondary N) is 1. The summed E-state index contributed by atoms with van der Waals surface area (Å²) in [5.41, 5.74) is 0. The SMILES string of the molecule is CCCCCOC(=O)C(C)NC(C)=O. The van der Waals surface area contributed by atoms with E-state index in [1.807, 2.05) is 0 Å². The molecule has 0 rings (SSSR count). The minimum Gasteiger partial charge on any atom is -0.464 e. The zero-order valence-electron chi connectivity index (χ0n) is 9.13. The van der Waals surface area contributed by atoms with Crippen molar-refractivity contribution in [3.63, 3.8) is 0 Å². The van der Waals surface area contributed by atoms with E-state index in [0.717, 1.165) is 19.3 Å². The van der Waals surface area contributed by atoms with Gasteiger partial charge in [-0.1, -0.05) is 19.8 Å². The summed E-state index contributed by atoms with van der Waals surface area (Å²) < 4.78 is 4.95. The number of carbonyl (C=O) groups is 2. The monoisotopic (exact) mass is 201 g/mol. The summed E-state index contributed by atoms with van der Waals surface area (Å²) in [5.74, 6) is -0.584. The molecule has 82 valence electrons. The van der Waals surface area contributed by atoms with E-state index >= 15 is 0 Å². The summed E-state index contributed by atoms with van der Waals surface area (Å²) in [6.07, 6.45) is 3.04. The molecule has 0 fully saturated rings. The molecule has 1 atom stereocenters. The Hall–Kier alpha value is -1.06. The second kappa shape index (κ2) is 7.35. The zero-order valence-corrected chi connectivity index (χ0v) is 9.13. The van der Waals surface area contributed by atoms with Gasteiger partial charge in [0, 0.05) is 6.92 Å². The highest BCUT2D eigenvalue weighted by molar-refractivity contribution is 5.82. The Labute approximate surface area is 85.0 Å².